The van der Waals surface area contributed by atoms with Crippen molar-refractivity contribution in [1.29, 1.82) is 0 Å². The fourth-order valence-electron chi connectivity index (χ4n) is 2.74. The molecule has 0 atom stereocenters. The Kier molecular flexibility index (Phi) is 4.89. The third-order valence-corrected chi connectivity index (χ3v) is 3.90. The van der Waals surface area contributed by atoms with Gasteiger partial charge in [0.05, 0.1) is 24.2 Å². The van der Waals surface area contributed by atoms with Gasteiger partial charge in [-0.15, -0.1) is 0 Å². The minimum atomic E-state index is -0.299. The zero-order valence-corrected chi connectivity index (χ0v) is 13.6. The molecule has 0 saturated carbocycles. The van der Waals surface area contributed by atoms with E-state index in [1.807, 2.05) is 28.9 Å². The average molecular weight is 325 g/mol. The molecule has 0 aliphatic rings. The molecule has 1 heterocycles. The number of nitrogens with zero attached hydrogens (tertiary/aromatic N) is 2. The molecular formula is C19H20FN3O. The third-order valence-electron chi connectivity index (χ3n) is 3.90. The van der Waals surface area contributed by atoms with Crippen molar-refractivity contribution in [2.24, 2.45) is 0 Å². The highest BCUT2D eigenvalue weighted by molar-refractivity contribution is 5.83. The van der Waals surface area contributed by atoms with E-state index in [4.69, 9.17) is 0 Å². The van der Waals surface area contributed by atoms with E-state index < -0.39 is 0 Å². The van der Waals surface area contributed by atoms with Crippen LogP contribution in [0.3, 0.4) is 0 Å². The number of aryl methyl sites for hydroxylation is 1. The predicted molar refractivity (Wildman–Crippen MR) is 92.0 cm³/mol. The van der Waals surface area contributed by atoms with E-state index in [2.05, 4.69) is 17.3 Å². The minimum Gasteiger partial charge on any atom is -0.350 e. The lowest BCUT2D eigenvalue weighted by atomic mass is 10.1. The number of para-hydroxylation sites is 1. The number of nitrogens with one attached hydrogen (secondary N) is 1. The Labute approximate surface area is 140 Å². The maximum absolute atomic E-state index is 12.9. The fourth-order valence-corrected chi connectivity index (χ4v) is 2.74. The molecule has 0 aliphatic carbocycles. The number of rotatable bonds is 6. The normalized spacial score (nSPS) is 10.9. The first-order valence-electron chi connectivity index (χ1n) is 8.13. The Bertz CT molecular complexity index is 839. The largest absolute Gasteiger partial charge is 0.350 e. The Balaban J connectivity index is 1.69. The zero-order chi connectivity index (χ0) is 16.9. The van der Waals surface area contributed by atoms with Crippen molar-refractivity contribution in [3.63, 3.8) is 0 Å². The highest BCUT2D eigenvalue weighted by Gasteiger charge is 2.11. The van der Waals surface area contributed by atoms with Crippen molar-refractivity contribution in [1.82, 2.24) is 15.1 Å². The summed E-state index contributed by atoms with van der Waals surface area (Å²) >= 11 is 0. The van der Waals surface area contributed by atoms with Crippen LogP contribution in [0.1, 0.15) is 24.6 Å². The van der Waals surface area contributed by atoms with E-state index in [0.29, 0.717) is 6.54 Å². The van der Waals surface area contributed by atoms with Gasteiger partial charge in [-0.05, 0) is 30.2 Å². The molecule has 4 nitrogen and oxygen atoms in total. The van der Waals surface area contributed by atoms with Gasteiger partial charge in [0.1, 0.15) is 5.82 Å². The van der Waals surface area contributed by atoms with Crippen LogP contribution < -0.4 is 5.32 Å². The van der Waals surface area contributed by atoms with Crippen molar-refractivity contribution in [3.8, 4) is 0 Å². The number of hydrogen-bond acceptors (Lipinski definition) is 2. The molecule has 3 aromatic rings. The van der Waals surface area contributed by atoms with Gasteiger partial charge in [-0.2, -0.15) is 5.10 Å². The van der Waals surface area contributed by atoms with Crippen molar-refractivity contribution < 1.29 is 9.18 Å². The van der Waals surface area contributed by atoms with E-state index in [0.717, 1.165) is 35.1 Å². The van der Waals surface area contributed by atoms with Gasteiger partial charge in [-0.3, -0.25) is 9.48 Å². The fraction of sp³-hybridized carbons (Fsp3) is 0.263. The Morgan fingerprint density at radius 1 is 1.17 bits per heavy atom. The summed E-state index contributed by atoms with van der Waals surface area (Å²) in [6.07, 6.45) is 1.23. The number of carbonyl (C=O) groups excluding carboxylic acids is 1. The monoisotopic (exact) mass is 325 g/mol. The minimum absolute atomic E-state index is 0.101. The number of halogens is 1. The first kappa shape index (κ1) is 16.2. The van der Waals surface area contributed by atoms with E-state index >= 15 is 0 Å². The van der Waals surface area contributed by atoms with Gasteiger partial charge in [-0.1, -0.05) is 37.3 Å². The SMILES string of the molecule is CCCn1nc(CNC(=O)Cc2ccc(F)cc2)c2ccccc21. The standard InChI is InChI=1S/C19H20FN3O/c1-2-11-23-18-6-4-3-5-16(18)17(22-23)13-21-19(24)12-14-7-9-15(20)10-8-14/h3-10H,2,11-13H2,1H3,(H,21,24). The van der Waals surface area contributed by atoms with Gasteiger partial charge in [-0.25, -0.2) is 4.39 Å². The van der Waals surface area contributed by atoms with E-state index in [1.54, 1.807) is 12.1 Å². The smallest absolute Gasteiger partial charge is 0.224 e. The van der Waals surface area contributed by atoms with Crippen LogP contribution >= 0.6 is 0 Å². The molecular weight excluding hydrogens is 305 g/mol. The number of fused-ring (bicyclic) bond motifs is 1. The van der Waals surface area contributed by atoms with Crippen LogP contribution in [0.4, 0.5) is 4.39 Å². The Morgan fingerprint density at radius 2 is 1.92 bits per heavy atom. The lowest BCUT2D eigenvalue weighted by Gasteiger charge is -2.04. The van der Waals surface area contributed by atoms with Gasteiger partial charge in [0, 0.05) is 11.9 Å². The zero-order valence-electron chi connectivity index (χ0n) is 13.6. The second-order valence-corrected chi connectivity index (χ2v) is 5.77. The van der Waals surface area contributed by atoms with Crippen LogP contribution in [0.5, 0.6) is 0 Å². The van der Waals surface area contributed by atoms with E-state index in [-0.39, 0.29) is 18.1 Å². The molecule has 0 saturated heterocycles. The summed E-state index contributed by atoms with van der Waals surface area (Å²) < 4.78 is 14.9. The number of amides is 1. The number of benzene rings is 2. The van der Waals surface area contributed by atoms with Gasteiger partial charge in [0.2, 0.25) is 5.91 Å². The molecule has 5 heteroatoms. The van der Waals surface area contributed by atoms with Crippen molar-refractivity contribution in [2.75, 3.05) is 0 Å². The molecule has 0 unspecified atom stereocenters. The Hall–Kier alpha value is -2.69. The first-order valence-corrected chi connectivity index (χ1v) is 8.13. The second kappa shape index (κ2) is 7.25. The summed E-state index contributed by atoms with van der Waals surface area (Å²) in [5, 5.41) is 8.59. The molecule has 124 valence electrons. The van der Waals surface area contributed by atoms with Crippen LogP contribution in [0, 0.1) is 5.82 Å². The maximum Gasteiger partial charge on any atom is 0.224 e. The highest BCUT2D eigenvalue weighted by atomic mass is 19.1. The van der Waals surface area contributed by atoms with Crippen LogP contribution in [0.2, 0.25) is 0 Å². The number of hydrogen-bond donors (Lipinski definition) is 1. The number of carbonyl (C=O) groups is 1. The summed E-state index contributed by atoms with van der Waals surface area (Å²) in [6.45, 7) is 3.35. The topological polar surface area (TPSA) is 46.9 Å². The lowest BCUT2D eigenvalue weighted by molar-refractivity contribution is -0.120. The molecule has 0 bridgehead atoms. The molecule has 1 aromatic heterocycles. The first-order chi connectivity index (χ1) is 11.7. The molecule has 2 aromatic carbocycles. The van der Waals surface area contributed by atoms with Crippen LogP contribution in [-0.4, -0.2) is 15.7 Å². The molecule has 24 heavy (non-hydrogen) atoms. The van der Waals surface area contributed by atoms with Crippen LogP contribution in [-0.2, 0) is 24.3 Å². The van der Waals surface area contributed by atoms with Crippen molar-refractivity contribution in [3.05, 3.63) is 65.6 Å². The van der Waals surface area contributed by atoms with Gasteiger partial charge in [0.25, 0.3) is 0 Å². The number of aromatic nitrogens is 2. The third kappa shape index (κ3) is 3.62. The van der Waals surface area contributed by atoms with Crippen LogP contribution in [0.25, 0.3) is 10.9 Å². The molecule has 0 radical (unpaired) electrons. The average Bonchev–Trinajstić information content (AvgIpc) is 2.94. The van der Waals surface area contributed by atoms with Gasteiger partial charge < -0.3 is 5.32 Å². The summed E-state index contributed by atoms with van der Waals surface area (Å²) in [4.78, 5) is 12.1. The van der Waals surface area contributed by atoms with E-state index in [9.17, 15) is 9.18 Å². The molecule has 0 fully saturated rings. The van der Waals surface area contributed by atoms with Gasteiger partial charge >= 0.3 is 0 Å². The Morgan fingerprint density at radius 3 is 2.67 bits per heavy atom. The molecule has 3 rings (SSSR count). The summed E-state index contributed by atoms with van der Waals surface area (Å²) in [5.74, 6) is -0.400. The molecule has 0 aliphatic heterocycles. The van der Waals surface area contributed by atoms with Gasteiger partial charge in [0.15, 0.2) is 0 Å². The summed E-state index contributed by atoms with van der Waals surface area (Å²) in [5.41, 5.74) is 2.74. The predicted octanol–water partition coefficient (Wildman–Crippen LogP) is 3.44. The summed E-state index contributed by atoms with van der Waals surface area (Å²) in [7, 11) is 0. The summed E-state index contributed by atoms with van der Waals surface area (Å²) in [6, 6.07) is 14.0. The van der Waals surface area contributed by atoms with Crippen molar-refractivity contribution >= 4 is 16.8 Å². The maximum atomic E-state index is 12.9. The molecule has 1 N–H and O–H groups in total. The molecule has 1 amide bonds. The van der Waals surface area contributed by atoms with Crippen molar-refractivity contribution in [2.45, 2.75) is 32.9 Å². The highest BCUT2D eigenvalue weighted by Crippen LogP contribution is 2.18. The van der Waals surface area contributed by atoms with E-state index in [1.165, 1.54) is 12.1 Å². The quantitative estimate of drug-likeness (QED) is 0.754. The van der Waals surface area contributed by atoms with Crippen LogP contribution in [0.15, 0.2) is 48.5 Å². The second-order valence-electron chi connectivity index (χ2n) is 5.77. The molecule has 0 spiro atoms. The lowest BCUT2D eigenvalue weighted by Crippen LogP contribution is -2.25.